The Morgan fingerprint density at radius 3 is 2.45 bits per heavy atom. The lowest BCUT2D eigenvalue weighted by atomic mass is 10.2. The highest BCUT2D eigenvalue weighted by atomic mass is 127. The molecule has 22 heavy (non-hydrogen) atoms. The first-order valence-corrected chi connectivity index (χ1v) is 7.39. The van der Waals surface area contributed by atoms with Crippen molar-refractivity contribution in [2.75, 3.05) is 27.2 Å². The zero-order valence-electron chi connectivity index (χ0n) is 13.6. The fourth-order valence-corrected chi connectivity index (χ4v) is 1.63. The van der Waals surface area contributed by atoms with Crippen molar-refractivity contribution >= 4 is 35.8 Å². The van der Waals surface area contributed by atoms with Crippen molar-refractivity contribution in [3.63, 3.8) is 0 Å². The van der Waals surface area contributed by atoms with Gasteiger partial charge in [0.1, 0.15) is 0 Å². The van der Waals surface area contributed by atoms with E-state index in [0.717, 1.165) is 24.9 Å². The average molecular weight is 418 g/mol. The Balaban J connectivity index is 0.00000441. The molecule has 1 rings (SSSR count). The number of benzene rings is 1. The summed E-state index contributed by atoms with van der Waals surface area (Å²) in [6, 6.07) is 10.1. The zero-order valence-corrected chi connectivity index (χ0v) is 16.0. The number of nitrogens with zero attached hydrogens (tertiary/aromatic N) is 2. The molecule has 124 valence electrons. The molecule has 0 heterocycles. The third-order valence-electron chi connectivity index (χ3n) is 2.99. The van der Waals surface area contributed by atoms with Gasteiger partial charge in [0.25, 0.3) is 0 Å². The first-order chi connectivity index (χ1) is 10.1. The number of unbranched alkanes of at least 4 members (excludes halogenated alkanes) is 1. The van der Waals surface area contributed by atoms with Gasteiger partial charge in [0.2, 0.25) is 5.91 Å². The number of hydrogen-bond acceptors (Lipinski definition) is 2. The van der Waals surface area contributed by atoms with Crippen LogP contribution in [0, 0.1) is 0 Å². The average Bonchev–Trinajstić information content (AvgIpc) is 2.50. The molecule has 0 radical (unpaired) electrons. The van der Waals surface area contributed by atoms with Crippen LogP contribution >= 0.6 is 24.0 Å². The third-order valence-corrected chi connectivity index (χ3v) is 2.99. The predicted octanol–water partition coefficient (Wildman–Crippen LogP) is 2.23. The molecule has 5 nitrogen and oxygen atoms in total. The van der Waals surface area contributed by atoms with Crippen LogP contribution in [0.2, 0.25) is 0 Å². The topological polar surface area (TPSA) is 56.7 Å². The molecule has 0 spiro atoms. The van der Waals surface area contributed by atoms with Crippen LogP contribution in [-0.2, 0) is 11.3 Å². The fraction of sp³-hybridized carbons (Fsp3) is 0.500. The van der Waals surface area contributed by atoms with Gasteiger partial charge in [-0.3, -0.25) is 4.79 Å². The lowest BCUT2D eigenvalue weighted by molar-refractivity contribution is -0.127. The van der Waals surface area contributed by atoms with Gasteiger partial charge in [-0.15, -0.1) is 24.0 Å². The Morgan fingerprint density at radius 2 is 1.86 bits per heavy atom. The summed E-state index contributed by atoms with van der Waals surface area (Å²) in [6.07, 6.45) is 2.20. The first-order valence-electron chi connectivity index (χ1n) is 7.39. The maximum Gasteiger partial charge on any atom is 0.241 e. The van der Waals surface area contributed by atoms with Crippen LogP contribution in [0.3, 0.4) is 0 Å². The van der Waals surface area contributed by atoms with Crippen LogP contribution < -0.4 is 10.6 Å². The first kappa shape index (κ1) is 20.7. The Bertz CT molecular complexity index is 449. The highest BCUT2D eigenvalue weighted by Crippen LogP contribution is 1.99. The van der Waals surface area contributed by atoms with Gasteiger partial charge in [0.15, 0.2) is 5.96 Å². The van der Waals surface area contributed by atoms with E-state index in [1.807, 2.05) is 30.3 Å². The molecule has 0 atom stereocenters. The number of nitrogens with one attached hydrogen (secondary N) is 2. The van der Waals surface area contributed by atoms with E-state index >= 15 is 0 Å². The van der Waals surface area contributed by atoms with E-state index in [2.05, 4.69) is 22.5 Å². The van der Waals surface area contributed by atoms with Gasteiger partial charge in [-0.25, -0.2) is 4.99 Å². The van der Waals surface area contributed by atoms with Gasteiger partial charge >= 0.3 is 0 Å². The zero-order chi connectivity index (χ0) is 15.5. The van der Waals surface area contributed by atoms with Crippen molar-refractivity contribution in [1.29, 1.82) is 0 Å². The quantitative estimate of drug-likeness (QED) is 0.309. The smallest absolute Gasteiger partial charge is 0.241 e. The molecule has 0 fully saturated rings. The molecular formula is C16H27IN4O. The molecule has 6 heteroatoms. The molecule has 0 aliphatic heterocycles. The van der Waals surface area contributed by atoms with Gasteiger partial charge in [-0.1, -0.05) is 43.7 Å². The van der Waals surface area contributed by atoms with Crippen molar-refractivity contribution in [2.45, 2.75) is 26.3 Å². The van der Waals surface area contributed by atoms with Crippen molar-refractivity contribution in [1.82, 2.24) is 15.5 Å². The second kappa shape index (κ2) is 12.3. The summed E-state index contributed by atoms with van der Waals surface area (Å²) in [5, 5.41) is 6.33. The maximum absolute atomic E-state index is 11.6. The molecule has 0 saturated heterocycles. The Labute approximate surface area is 150 Å². The van der Waals surface area contributed by atoms with Crippen molar-refractivity contribution in [3.8, 4) is 0 Å². The van der Waals surface area contributed by atoms with E-state index in [9.17, 15) is 4.79 Å². The van der Waals surface area contributed by atoms with E-state index in [1.165, 1.54) is 0 Å². The molecule has 0 aliphatic rings. The molecule has 0 unspecified atom stereocenters. The van der Waals surface area contributed by atoms with Crippen molar-refractivity contribution in [3.05, 3.63) is 35.9 Å². The lowest BCUT2D eigenvalue weighted by Gasteiger charge is -2.14. The number of carbonyl (C=O) groups excluding carboxylic acids is 1. The Kier molecular flexibility index (Phi) is 11.5. The van der Waals surface area contributed by atoms with E-state index in [0.29, 0.717) is 12.5 Å². The van der Waals surface area contributed by atoms with Gasteiger partial charge in [-0.2, -0.15) is 0 Å². The molecule has 1 aromatic carbocycles. The third kappa shape index (κ3) is 8.86. The molecule has 1 aromatic rings. The van der Waals surface area contributed by atoms with Gasteiger partial charge in [0, 0.05) is 20.6 Å². The summed E-state index contributed by atoms with van der Waals surface area (Å²) in [5.74, 6) is 0.710. The summed E-state index contributed by atoms with van der Waals surface area (Å²) < 4.78 is 0. The van der Waals surface area contributed by atoms with Gasteiger partial charge < -0.3 is 15.5 Å². The van der Waals surface area contributed by atoms with Crippen molar-refractivity contribution in [2.24, 2.45) is 4.99 Å². The van der Waals surface area contributed by atoms with Crippen LogP contribution in [-0.4, -0.2) is 44.0 Å². The van der Waals surface area contributed by atoms with Crippen LogP contribution in [0.15, 0.2) is 35.3 Å². The minimum atomic E-state index is 0. The number of carbonyl (C=O) groups is 1. The van der Waals surface area contributed by atoms with Crippen LogP contribution in [0.25, 0.3) is 0 Å². The predicted molar refractivity (Wildman–Crippen MR) is 103 cm³/mol. The number of likely N-dealkylation sites (N-methyl/N-ethyl adjacent to an activating group) is 1. The molecule has 0 saturated carbocycles. The molecule has 2 N–H and O–H groups in total. The summed E-state index contributed by atoms with van der Waals surface area (Å²) in [7, 11) is 3.49. The Morgan fingerprint density at radius 1 is 1.18 bits per heavy atom. The minimum Gasteiger partial charge on any atom is -0.356 e. The number of guanidine groups is 1. The molecule has 0 aliphatic carbocycles. The summed E-state index contributed by atoms with van der Waals surface area (Å²) in [4.78, 5) is 17.7. The lowest BCUT2D eigenvalue weighted by Crippen LogP contribution is -2.43. The van der Waals surface area contributed by atoms with E-state index < -0.39 is 0 Å². The molecule has 0 aromatic heterocycles. The highest BCUT2D eigenvalue weighted by molar-refractivity contribution is 14.0. The molecule has 1 amide bonds. The standard InChI is InChI=1S/C16H26N4O.HI/c1-4-5-11-17-16(19-13-15(21)20(2)3)18-12-14-9-7-6-8-10-14;/h6-10H,4-5,11-13H2,1-3H3,(H2,17,18,19);1H. The van der Waals surface area contributed by atoms with Gasteiger partial charge in [0.05, 0.1) is 13.1 Å². The van der Waals surface area contributed by atoms with E-state index in [1.54, 1.807) is 19.0 Å². The summed E-state index contributed by atoms with van der Waals surface area (Å²) >= 11 is 0. The largest absolute Gasteiger partial charge is 0.356 e. The van der Waals surface area contributed by atoms with Crippen LogP contribution in [0.5, 0.6) is 0 Å². The second-order valence-corrected chi connectivity index (χ2v) is 5.07. The normalized spacial score (nSPS) is 10.6. The van der Waals surface area contributed by atoms with Crippen molar-refractivity contribution < 1.29 is 4.79 Å². The van der Waals surface area contributed by atoms with Crippen LogP contribution in [0.1, 0.15) is 25.3 Å². The number of aliphatic imine (C=N–C) groups is 1. The minimum absolute atomic E-state index is 0. The maximum atomic E-state index is 11.6. The molecule has 0 bridgehead atoms. The van der Waals surface area contributed by atoms with Crippen LogP contribution in [0.4, 0.5) is 0 Å². The molecular weight excluding hydrogens is 391 g/mol. The number of hydrogen-bond donors (Lipinski definition) is 2. The second-order valence-electron chi connectivity index (χ2n) is 5.07. The van der Waals surface area contributed by atoms with E-state index in [-0.39, 0.29) is 36.4 Å². The number of rotatable bonds is 7. The van der Waals surface area contributed by atoms with Gasteiger partial charge in [-0.05, 0) is 12.0 Å². The Hall–Kier alpha value is -1.31. The number of halogens is 1. The SMILES string of the molecule is CCCCNC(=NCc1ccccc1)NCC(=O)N(C)C.I. The monoisotopic (exact) mass is 418 g/mol. The number of amides is 1. The van der Waals surface area contributed by atoms with E-state index in [4.69, 9.17) is 0 Å². The summed E-state index contributed by atoms with van der Waals surface area (Å²) in [6.45, 7) is 3.84. The summed E-state index contributed by atoms with van der Waals surface area (Å²) in [5.41, 5.74) is 1.15. The highest BCUT2D eigenvalue weighted by Gasteiger charge is 2.05. The fourth-order valence-electron chi connectivity index (χ4n) is 1.63.